The Morgan fingerprint density at radius 3 is 2.48 bits per heavy atom. The second-order valence-corrected chi connectivity index (χ2v) is 5.24. The Morgan fingerprint density at radius 1 is 1.13 bits per heavy atom. The average molecular weight is 315 g/mol. The first-order valence-electron chi connectivity index (χ1n) is 7.36. The van der Waals surface area contributed by atoms with Gasteiger partial charge >= 0.3 is 0 Å². The second-order valence-electron chi connectivity index (χ2n) is 5.24. The van der Waals surface area contributed by atoms with Crippen LogP contribution in [0.3, 0.4) is 0 Å². The molecule has 0 unspecified atom stereocenters. The number of fused-ring (bicyclic) bond motifs is 1. The van der Waals surface area contributed by atoms with Crippen molar-refractivity contribution in [1.29, 1.82) is 0 Å². The predicted molar refractivity (Wildman–Crippen MR) is 83.9 cm³/mol. The predicted octanol–water partition coefficient (Wildman–Crippen LogP) is 2.00. The van der Waals surface area contributed by atoms with Crippen LogP contribution in [-0.2, 0) is 11.2 Å². The summed E-state index contributed by atoms with van der Waals surface area (Å²) in [6, 6.07) is 1.71. The number of benzene rings is 1. The molecule has 23 heavy (non-hydrogen) atoms. The Kier molecular flexibility index (Phi) is 4.14. The number of hydrogen-bond donors (Lipinski definition) is 0. The highest BCUT2D eigenvalue weighted by Gasteiger charge is 2.30. The van der Waals surface area contributed by atoms with Crippen LogP contribution in [0.2, 0.25) is 0 Å². The van der Waals surface area contributed by atoms with Crippen molar-refractivity contribution in [1.82, 2.24) is 0 Å². The summed E-state index contributed by atoms with van der Waals surface area (Å²) < 4.78 is 16.3. The van der Waals surface area contributed by atoms with Gasteiger partial charge in [-0.05, 0) is 18.2 Å². The number of ketones is 2. The Morgan fingerprint density at radius 2 is 1.87 bits per heavy atom. The molecule has 120 valence electrons. The number of rotatable bonds is 4. The van der Waals surface area contributed by atoms with E-state index >= 15 is 0 Å². The summed E-state index contributed by atoms with van der Waals surface area (Å²) in [5.74, 6) is 0.785. The number of carbonyl (C=O) groups excluding carboxylic acids is 2. The van der Waals surface area contributed by atoms with Crippen molar-refractivity contribution in [3.8, 4) is 11.5 Å². The number of hydrogen-bond acceptors (Lipinski definition) is 6. The quantitative estimate of drug-likeness (QED) is 0.849. The summed E-state index contributed by atoms with van der Waals surface area (Å²) in [5.41, 5.74) is 1.19. The van der Waals surface area contributed by atoms with E-state index in [0.29, 0.717) is 36.0 Å². The fourth-order valence-electron chi connectivity index (χ4n) is 2.79. The van der Waals surface area contributed by atoms with Gasteiger partial charge in [0.25, 0.3) is 0 Å². The van der Waals surface area contributed by atoms with Crippen LogP contribution < -0.4 is 9.47 Å². The lowest BCUT2D eigenvalue weighted by Gasteiger charge is -2.21. The minimum Gasteiger partial charge on any atom is -0.496 e. The van der Waals surface area contributed by atoms with Crippen molar-refractivity contribution >= 4 is 17.5 Å². The summed E-state index contributed by atoms with van der Waals surface area (Å²) in [5, 5.41) is 0. The first-order valence-corrected chi connectivity index (χ1v) is 7.36. The molecule has 0 spiro atoms. The minimum absolute atomic E-state index is 0.241. The van der Waals surface area contributed by atoms with E-state index in [1.165, 1.54) is 26.4 Å². The maximum atomic E-state index is 12.3. The molecular weight excluding hydrogens is 298 g/mol. The molecule has 0 fully saturated rings. The fraction of sp³-hybridized carbons (Fsp3) is 0.353. The van der Waals surface area contributed by atoms with Crippen molar-refractivity contribution in [3.05, 3.63) is 34.9 Å². The van der Waals surface area contributed by atoms with E-state index in [0.717, 1.165) is 13.0 Å². The largest absolute Gasteiger partial charge is 0.496 e. The standard InChI is InChI=1S/C17H17NO5/c1-21-13-8-10(9-14-18-6-3-7-23-14)17(22-2)16-12(20)5-4-11(19)15(13)16/h4-5,8H,3,6-7,9H2,1-2H3. The molecule has 0 amide bonds. The summed E-state index contributed by atoms with van der Waals surface area (Å²) >= 11 is 0. The highest BCUT2D eigenvalue weighted by Crippen LogP contribution is 2.37. The first-order chi connectivity index (χ1) is 11.2. The zero-order chi connectivity index (χ0) is 16.4. The zero-order valence-electron chi connectivity index (χ0n) is 13.0. The fourth-order valence-corrected chi connectivity index (χ4v) is 2.79. The van der Waals surface area contributed by atoms with E-state index in [1.807, 2.05) is 0 Å². The Balaban J connectivity index is 2.14. The number of aliphatic imine (C=N–C) groups is 1. The van der Waals surface area contributed by atoms with Crippen molar-refractivity contribution in [3.63, 3.8) is 0 Å². The monoisotopic (exact) mass is 315 g/mol. The van der Waals surface area contributed by atoms with E-state index < -0.39 is 0 Å². The molecule has 1 aromatic carbocycles. The molecule has 0 bridgehead atoms. The summed E-state index contributed by atoms with van der Waals surface area (Å²) in [6.45, 7) is 1.35. The third-order valence-corrected chi connectivity index (χ3v) is 3.82. The van der Waals surface area contributed by atoms with Crippen molar-refractivity contribution in [2.75, 3.05) is 27.4 Å². The topological polar surface area (TPSA) is 74.2 Å². The molecule has 1 aliphatic carbocycles. The van der Waals surface area contributed by atoms with Gasteiger partial charge in [-0.25, -0.2) is 0 Å². The molecule has 0 atom stereocenters. The Labute approximate surface area is 133 Å². The van der Waals surface area contributed by atoms with Crippen molar-refractivity contribution in [2.45, 2.75) is 12.8 Å². The number of nitrogens with zero attached hydrogens (tertiary/aromatic N) is 1. The van der Waals surface area contributed by atoms with Crippen LogP contribution in [0.4, 0.5) is 0 Å². The molecule has 0 N–H and O–H groups in total. The van der Waals surface area contributed by atoms with Crippen LogP contribution >= 0.6 is 0 Å². The lowest BCUT2D eigenvalue weighted by Crippen LogP contribution is -2.19. The van der Waals surface area contributed by atoms with Crippen LogP contribution in [0.25, 0.3) is 0 Å². The molecule has 0 saturated carbocycles. The van der Waals surface area contributed by atoms with Gasteiger partial charge in [-0.2, -0.15) is 0 Å². The molecule has 3 rings (SSSR count). The van der Waals surface area contributed by atoms with Gasteiger partial charge in [0, 0.05) is 18.5 Å². The van der Waals surface area contributed by atoms with Crippen LogP contribution in [0, 0.1) is 0 Å². The van der Waals surface area contributed by atoms with Crippen LogP contribution in [0.5, 0.6) is 11.5 Å². The summed E-state index contributed by atoms with van der Waals surface area (Å²) in [6.07, 6.45) is 3.79. The highest BCUT2D eigenvalue weighted by atomic mass is 16.5. The lowest BCUT2D eigenvalue weighted by molar-refractivity contribution is 0.0988. The average Bonchev–Trinajstić information content (AvgIpc) is 2.58. The van der Waals surface area contributed by atoms with E-state index in [4.69, 9.17) is 14.2 Å². The van der Waals surface area contributed by atoms with Gasteiger partial charge in [-0.3, -0.25) is 14.6 Å². The van der Waals surface area contributed by atoms with Gasteiger partial charge < -0.3 is 14.2 Å². The second kappa shape index (κ2) is 6.24. The lowest BCUT2D eigenvalue weighted by atomic mass is 9.90. The molecule has 0 radical (unpaired) electrons. The molecule has 1 aliphatic heterocycles. The Bertz CT molecular complexity index is 733. The van der Waals surface area contributed by atoms with Gasteiger partial charge in [0.15, 0.2) is 17.5 Å². The summed E-state index contributed by atoms with van der Waals surface area (Å²) in [4.78, 5) is 28.8. The third kappa shape index (κ3) is 2.72. The molecule has 0 saturated heterocycles. The number of carbonyl (C=O) groups is 2. The molecule has 0 aromatic heterocycles. The molecule has 6 heteroatoms. The number of allylic oxidation sites excluding steroid dienone is 2. The molecular formula is C17H17NO5. The normalized spacial score (nSPS) is 16.5. The van der Waals surface area contributed by atoms with Gasteiger partial charge in [-0.1, -0.05) is 0 Å². The maximum absolute atomic E-state index is 12.3. The van der Waals surface area contributed by atoms with Gasteiger partial charge in [0.05, 0.1) is 38.4 Å². The molecule has 1 aromatic rings. The molecule has 2 aliphatic rings. The SMILES string of the molecule is COc1cc(CC2=NCCCO2)c(OC)c2c1C(=O)C=CC2=O. The smallest absolute Gasteiger partial charge is 0.190 e. The molecule has 1 heterocycles. The number of methoxy groups -OCH3 is 2. The van der Waals surface area contributed by atoms with Crippen molar-refractivity contribution < 1.29 is 23.8 Å². The van der Waals surface area contributed by atoms with Crippen LogP contribution in [0.15, 0.2) is 23.2 Å². The number of ether oxygens (including phenoxy) is 3. The van der Waals surface area contributed by atoms with Gasteiger partial charge in [0.2, 0.25) is 0 Å². The third-order valence-electron chi connectivity index (χ3n) is 3.82. The highest BCUT2D eigenvalue weighted by molar-refractivity contribution is 6.24. The van der Waals surface area contributed by atoms with Gasteiger partial charge in [-0.15, -0.1) is 0 Å². The van der Waals surface area contributed by atoms with E-state index in [2.05, 4.69) is 4.99 Å². The maximum Gasteiger partial charge on any atom is 0.190 e. The minimum atomic E-state index is -0.275. The van der Waals surface area contributed by atoms with Gasteiger partial charge in [0.1, 0.15) is 11.5 Å². The summed E-state index contributed by atoms with van der Waals surface area (Å²) in [7, 11) is 2.95. The van der Waals surface area contributed by atoms with E-state index in [1.54, 1.807) is 6.07 Å². The van der Waals surface area contributed by atoms with Crippen LogP contribution in [0.1, 0.15) is 32.7 Å². The molecule has 6 nitrogen and oxygen atoms in total. The van der Waals surface area contributed by atoms with Crippen molar-refractivity contribution in [2.24, 2.45) is 4.99 Å². The first kappa shape index (κ1) is 15.3. The van der Waals surface area contributed by atoms with Crippen LogP contribution in [-0.4, -0.2) is 44.8 Å². The Hall–Kier alpha value is -2.63. The van der Waals surface area contributed by atoms with E-state index in [9.17, 15) is 9.59 Å². The zero-order valence-corrected chi connectivity index (χ0v) is 13.0. The van der Waals surface area contributed by atoms with E-state index in [-0.39, 0.29) is 22.7 Å².